The molecule has 3 rings (SSSR count). The third-order valence-electron chi connectivity index (χ3n) is 5.50. The number of ketones is 1. The normalized spacial score (nSPS) is 14.8. The number of rotatable bonds is 9. The zero-order valence-electron chi connectivity index (χ0n) is 18.6. The second-order valence-electron chi connectivity index (χ2n) is 7.85. The Hall–Kier alpha value is -2.86. The lowest BCUT2D eigenvalue weighted by atomic mass is 9.88. The van der Waals surface area contributed by atoms with E-state index >= 15 is 0 Å². The van der Waals surface area contributed by atoms with Crippen LogP contribution in [0.4, 0.5) is 5.69 Å². The molecule has 0 saturated carbocycles. The van der Waals surface area contributed by atoms with Crippen molar-refractivity contribution in [3.8, 4) is 11.5 Å². The number of ether oxygens (including phenoxy) is 2. The van der Waals surface area contributed by atoms with Gasteiger partial charge >= 0.3 is 0 Å². The Labute approximate surface area is 184 Å². The largest absolute Gasteiger partial charge is 0.494 e. The SMILES string of the molecule is CCOc1ccc(OCC)c(NC(=O)CN2CCC(C(=O)c3ccc(C)cc3)CC2)c1. The number of hydrogen-bond donors (Lipinski definition) is 1. The van der Waals surface area contributed by atoms with Crippen LogP contribution in [0.2, 0.25) is 0 Å². The van der Waals surface area contributed by atoms with Gasteiger partial charge in [0.1, 0.15) is 11.5 Å². The summed E-state index contributed by atoms with van der Waals surface area (Å²) < 4.78 is 11.2. The summed E-state index contributed by atoms with van der Waals surface area (Å²) in [5.74, 6) is 1.45. The van der Waals surface area contributed by atoms with Crippen LogP contribution in [0.5, 0.6) is 11.5 Å². The zero-order valence-corrected chi connectivity index (χ0v) is 18.6. The van der Waals surface area contributed by atoms with Gasteiger partial charge in [0.15, 0.2) is 5.78 Å². The van der Waals surface area contributed by atoms with Crippen molar-refractivity contribution in [2.24, 2.45) is 5.92 Å². The van der Waals surface area contributed by atoms with Gasteiger partial charge in [-0.05, 0) is 58.8 Å². The number of nitrogens with zero attached hydrogens (tertiary/aromatic N) is 1. The molecule has 1 amide bonds. The van der Waals surface area contributed by atoms with Crippen molar-refractivity contribution in [3.05, 3.63) is 53.6 Å². The Balaban J connectivity index is 1.53. The van der Waals surface area contributed by atoms with Crippen molar-refractivity contribution in [1.82, 2.24) is 4.90 Å². The molecule has 1 aliphatic heterocycles. The highest BCUT2D eigenvalue weighted by atomic mass is 16.5. The van der Waals surface area contributed by atoms with Gasteiger partial charge < -0.3 is 14.8 Å². The number of amides is 1. The average Bonchev–Trinajstić information content (AvgIpc) is 2.76. The Bertz CT molecular complexity index is 887. The van der Waals surface area contributed by atoms with E-state index < -0.39 is 0 Å². The predicted molar refractivity (Wildman–Crippen MR) is 122 cm³/mol. The first-order chi connectivity index (χ1) is 15.0. The molecule has 2 aromatic rings. The van der Waals surface area contributed by atoms with Gasteiger partial charge in [-0.15, -0.1) is 0 Å². The molecule has 1 fully saturated rings. The molecule has 0 radical (unpaired) electrons. The second-order valence-corrected chi connectivity index (χ2v) is 7.85. The fourth-order valence-corrected chi connectivity index (χ4v) is 3.84. The summed E-state index contributed by atoms with van der Waals surface area (Å²) in [7, 11) is 0. The highest BCUT2D eigenvalue weighted by Crippen LogP contribution is 2.29. The Morgan fingerprint density at radius 3 is 2.32 bits per heavy atom. The number of nitrogens with one attached hydrogen (secondary N) is 1. The van der Waals surface area contributed by atoms with Gasteiger partial charge in [-0.3, -0.25) is 14.5 Å². The van der Waals surface area contributed by atoms with Crippen molar-refractivity contribution < 1.29 is 19.1 Å². The molecule has 31 heavy (non-hydrogen) atoms. The van der Waals surface area contributed by atoms with Gasteiger partial charge in [0.25, 0.3) is 0 Å². The fourth-order valence-electron chi connectivity index (χ4n) is 3.84. The summed E-state index contributed by atoms with van der Waals surface area (Å²) in [5, 5.41) is 2.95. The number of aryl methyl sites for hydroxylation is 1. The van der Waals surface area contributed by atoms with E-state index in [1.165, 1.54) is 0 Å². The van der Waals surface area contributed by atoms with E-state index in [2.05, 4.69) is 10.2 Å². The van der Waals surface area contributed by atoms with E-state index in [4.69, 9.17) is 9.47 Å². The molecular formula is C25H32N2O4. The maximum atomic E-state index is 12.7. The van der Waals surface area contributed by atoms with Crippen molar-refractivity contribution in [1.29, 1.82) is 0 Å². The van der Waals surface area contributed by atoms with Crippen molar-refractivity contribution in [3.63, 3.8) is 0 Å². The fraction of sp³-hybridized carbons (Fsp3) is 0.440. The molecule has 0 unspecified atom stereocenters. The highest BCUT2D eigenvalue weighted by Gasteiger charge is 2.26. The molecular weight excluding hydrogens is 392 g/mol. The van der Waals surface area contributed by atoms with E-state index in [0.29, 0.717) is 30.4 Å². The van der Waals surface area contributed by atoms with E-state index in [1.54, 1.807) is 6.07 Å². The number of hydrogen-bond acceptors (Lipinski definition) is 5. The van der Waals surface area contributed by atoms with Gasteiger partial charge in [0.05, 0.1) is 25.4 Å². The third kappa shape index (κ3) is 6.31. The molecule has 0 atom stereocenters. The van der Waals surface area contributed by atoms with Crippen LogP contribution in [-0.4, -0.2) is 49.4 Å². The van der Waals surface area contributed by atoms with E-state index in [0.717, 1.165) is 37.1 Å². The number of anilines is 1. The average molecular weight is 425 g/mol. The van der Waals surface area contributed by atoms with Crippen molar-refractivity contribution in [2.45, 2.75) is 33.6 Å². The van der Waals surface area contributed by atoms with Crippen LogP contribution in [0.1, 0.15) is 42.6 Å². The van der Waals surface area contributed by atoms with Crippen LogP contribution in [0.15, 0.2) is 42.5 Å². The lowest BCUT2D eigenvalue weighted by Crippen LogP contribution is -2.40. The molecule has 6 nitrogen and oxygen atoms in total. The summed E-state index contributed by atoms with van der Waals surface area (Å²) in [6.45, 7) is 8.65. The molecule has 2 aromatic carbocycles. The van der Waals surface area contributed by atoms with Crippen molar-refractivity contribution in [2.75, 3.05) is 38.2 Å². The molecule has 1 N–H and O–H groups in total. The van der Waals surface area contributed by atoms with E-state index in [9.17, 15) is 9.59 Å². The first kappa shape index (κ1) is 22.8. The summed E-state index contributed by atoms with van der Waals surface area (Å²) >= 11 is 0. The molecule has 0 aromatic heterocycles. The van der Waals surface area contributed by atoms with Gasteiger partial charge in [-0.25, -0.2) is 0 Å². The maximum absolute atomic E-state index is 12.7. The van der Waals surface area contributed by atoms with Crippen LogP contribution < -0.4 is 14.8 Å². The van der Waals surface area contributed by atoms with Crippen LogP contribution in [0.3, 0.4) is 0 Å². The number of carbonyl (C=O) groups excluding carboxylic acids is 2. The Kier molecular flexibility index (Phi) is 8.06. The molecule has 166 valence electrons. The highest BCUT2D eigenvalue weighted by molar-refractivity contribution is 5.98. The minimum Gasteiger partial charge on any atom is -0.494 e. The van der Waals surface area contributed by atoms with Gasteiger partial charge in [-0.2, -0.15) is 0 Å². The Morgan fingerprint density at radius 2 is 1.68 bits per heavy atom. The molecule has 0 bridgehead atoms. The molecule has 1 saturated heterocycles. The molecule has 1 heterocycles. The number of piperidine rings is 1. The number of carbonyl (C=O) groups is 2. The lowest BCUT2D eigenvalue weighted by Gasteiger charge is -2.30. The summed E-state index contributed by atoms with van der Waals surface area (Å²) in [5.41, 5.74) is 2.54. The first-order valence-electron chi connectivity index (χ1n) is 11.0. The smallest absolute Gasteiger partial charge is 0.238 e. The monoisotopic (exact) mass is 424 g/mol. The van der Waals surface area contributed by atoms with Crippen molar-refractivity contribution >= 4 is 17.4 Å². The summed E-state index contributed by atoms with van der Waals surface area (Å²) in [6.07, 6.45) is 1.54. The van der Waals surface area contributed by atoms with Crippen LogP contribution in [-0.2, 0) is 4.79 Å². The topological polar surface area (TPSA) is 67.9 Å². The zero-order chi connectivity index (χ0) is 22.2. The van der Waals surface area contributed by atoms with Gasteiger partial charge in [0, 0.05) is 17.5 Å². The number of Topliss-reactive ketones (excluding diaryl/α,β-unsaturated/α-hetero) is 1. The van der Waals surface area contributed by atoms with Gasteiger partial charge in [0.2, 0.25) is 5.91 Å². The quantitative estimate of drug-likeness (QED) is 0.607. The van der Waals surface area contributed by atoms with Crippen LogP contribution >= 0.6 is 0 Å². The Morgan fingerprint density at radius 1 is 1.00 bits per heavy atom. The molecule has 0 spiro atoms. The van der Waals surface area contributed by atoms with Crippen LogP contribution in [0.25, 0.3) is 0 Å². The number of likely N-dealkylation sites (tertiary alicyclic amines) is 1. The van der Waals surface area contributed by atoms with E-state index in [-0.39, 0.29) is 24.2 Å². The molecule has 6 heteroatoms. The second kappa shape index (κ2) is 11.0. The lowest BCUT2D eigenvalue weighted by molar-refractivity contribution is -0.117. The summed E-state index contributed by atoms with van der Waals surface area (Å²) in [6, 6.07) is 13.2. The molecule has 1 aliphatic rings. The first-order valence-corrected chi connectivity index (χ1v) is 11.0. The molecule has 0 aliphatic carbocycles. The van der Waals surface area contributed by atoms with E-state index in [1.807, 2.05) is 57.2 Å². The third-order valence-corrected chi connectivity index (χ3v) is 5.50. The van der Waals surface area contributed by atoms with Crippen LogP contribution in [0, 0.1) is 12.8 Å². The maximum Gasteiger partial charge on any atom is 0.238 e. The minimum absolute atomic E-state index is 0.0226. The predicted octanol–water partition coefficient (Wildman–Crippen LogP) is 4.33. The minimum atomic E-state index is -0.0992. The standard InChI is InChI=1S/C25H32N2O4/c1-4-30-21-10-11-23(31-5-2)22(16-21)26-24(28)17-27-14-12-20(13-15-27)25(29)19-8-6-18(3)7-9-19/h6-11,16,20H,4-5,12-15,17H2,1-3H3,(H,26,28). The number of benzene rings is 2. The van der Waals surface area contributed by atoms with Gasteiger partial charge in [-0.1, -0.05) is 29.8 Å². The summed E-state index contributed by atoms with van der Waals surface area (Å²) in [4.78, 5) is 27.5.